The second-order valence-corrected chi connectivity index (χ2v) is 13.2. The molecule has 13 nitrogen and oxygen atoms in total. The topological polar surface area (TPSA) is 163 Å². The first-order valence-electron chi connectivity index (χ1n) is 17.2. The van der Waals surface area contributed by atoms with Gasteiger partial charge in [0, 0.05) is 30.1 Å². The van der Waals surface area contributed by atoms with E-state index < -0.39 is 35.7 Å². The van der Waals surface area contributed by atoms with E-state index in [0.29, 0.717) is 60.1 Å². The number of benzene rings is 2. The fourth-order valence-corrected chi connectivity index (χ4v) is 6.99. The van der Waals surface area contributed by atoms with Crippen LogP contribution in [-0.4, -0.2) is 87.0 Å². The Bertz CT molecular complexity index is 1840. The van der Waals surface area contributed by atoms with Gasteiger partial charge in [-0.05, 0) is 68.0 Å². The molecule has 0 radical (unpaired) electrons. The molecule has 4 heterocycles. The summed E-state index contributed by atoms with van der Waals surface area (Å²) in [5.41, 5.74) is 2.34. The molecule has 2 aromatic heterocycles. The molecule has 2 saturated heterocycles. The van der Waals surface area contributed by atoms with Gasteiger partial charge in [0.1, 0.15) is 29.3 Å². The minimum atomic E-state index is -0.793. The molecular weight excluding hydrogens is 676 g/mol. The van der Waals surface area contributed by atoms with Crippen molar-refractivity contribution < 1.29 is 37.4 Å². The van der Waals surface area contributed by atoms with Gasteiger partial charge in [0.05, 0.1) is 56.5 Å². The third-order valence-electron chi connectivity index (χ3n) is 9.76. The number of nitrogens with zero attached hydrogens (tertiary/aromatic N) is 4. The maximum Gasteiger partial charge on any atom is 0.407 e. The number of alkyl carbamates (subject to hydrolysis) is 1. The first-order valence-corrected chi connectivity index (χ1v) is 17.2. The van der Waals surface area contributed by atoms with E-state index in [1.54, 1.807) is 47.9 Å². The molecule has 3 amide bonds. The van der Waals surface area contributed by atoms with Crippen LogP contribution in [0, 0.1) is 17.6 Å². The Hall–Kier alpha value is -5.60. The molecule has 0 aliphatic carbocycles. The lowest BCUT2D eigenvalue weighted by Crippen LogP contribution is -2.46. The fraction of sp³-hybridized carbons (Fsp3) is 0.405. The zero-order valence-electron chi connectivity index (χ0n) is 29.4. The summed E-state index contributed by atoms with van der Waals surface area (Å²) >= 11 is 0. The van der Waals surface area contributed by atoms with Crippen molar-refractivity contribution in [1.29, 1.82) is 0 Å². The van der Waals surface area contributed by atoms with Crippen LogP contribution in [0.4, 0.5) is 13.6 Å². The maximum absolute atomic E-state index is 15.6. The van der Waals surface area contributed by atoms with Crippen LogP contribution < -0.4 is 5.32 Å². The number of hydrogen-bond donors (Lipinski definition) is 3. The average molecular weight is 718 g/mol. The number of rotatable bonds is 10. The molecule has 4 atom stereocenters. The molecule has 0 spiro atoms. The number of nitrogens with one attached hydrogen (secondary N) is 3. The van der Waals surface area contributed by atoms with Crippen LogP contribution in [0.25, 0.3) is 33.6 Å². The third-order valence-corrected chi connectivity index (χ3v) is 9.76. The lowest BCUT2D eigenvalue weighted by molar-refractivity contribution is -0.146. The Morgan fingerprint density at radius 2 is 1.31 bits per heavy atom. The highest BCUT2D eigenvalue weighted by atomic mass is 19.1. The predicted molar refractivity (Wildman–Crippen MR) is 185 cm³/mol. The first-order chi connectivity index (χ1) is 25.0. The van der Waals surface area contributed by atoms with Crippen molar-refractivity contribution in [2.24, 2.45) is 5.92 Å². The van der Waals surface area contributed by atoms with E-state index in [2.05, 4.69) is 30.0 Å². The van der Waals surface area contributed by atoms with Crippen molar-refractivity contribution in [1.82, 2.24) is 35.1 Å². The van der Waals surface area contributed by atoms with Gasteiger partial charge in [-0.1, -0.05) is 19.1 Å². The van der Waals surface area contributed by atoms with Gasteiger partial charge in [0.2, 0.25) is 11.8 Å². The van der Waals surface area contributed by atoms with Crippen molar-refractivity contribution in [2.75, 3.05) is 27.3 Å². The Kier molecular flexibility index (Phi) is 10.7. The van der Waals surface area contributed by atoms with Crippen LogP contribution in [0.3, 0.4) is 0 Å². The number of aromatic amines is 2. The SMILES string of the molecule is COC(=O)C[C@@H](C)C(=O)N1CCC[C@H]1c1ncc(-c2ccc(-c3ccc(-c4cnc([C@@H]5CCCN5C(=O)[C@H](C)NC(=O)OC)[nH]4)c(F)c3)cc2F)[nH]1. The first kappa shape index (κ1) is 36.2. The van der Waals surface area contributed by atoms with Gasteiger partial charge in [0.25, 0.3) is 0 Å². The normalized spacial score (nSPS) is 18.3. The number of hydrogen-bond acceptors (Lipinski definition) is 8. The van der Waals surface area contributed by atoms with Crippen LogP contribution in [0.2, 0.25) is 0 Å². The van der Waals surface area contributed by atoms with Crippen molar-refractivity contribution in [2.45, 2.75) is 64.1 Å². The van der Waals surface area contributed by atoms with Gasteiger partial charge in [0.15, 0.2) is 0 Å². The summed E-state index contributed by atoms with van der Waals surface area (Å²) in [6.07, 6.45) is 5.18. The van der Waals surface area contributed by atoms with Gasteiger partial charge in [-0.2, -0.15) is 0 Å². The molecule has 0 bridgehead atoms. The van der Waals surface area contributed by atoms with E-state index in [1.807, 2.05) is 0 Å². The van der Waals surface area contributed by atoms with Crippen LogP contribution >= 0.6 is 0 Å². The molecule has 15 heteroatoms. The van der Waals surface area contributed by atoms with Crippen LogP contribution in [0.1, 0.15) is 69.7 Å². The third kappa shape index (κ3) is 7.39. The van der Waals surface area contributed by atoms with E-state index in [9.17, 15) is 19.2 Å². The lowest BCUT2D eigenvalue weighted by Gasteiger charge is -2.26. The summed E-state index contributed by atoms with van der Waals surface area (Å²) in [7, 11) is 2.51. The fourth-order valence-electron chi connectivity index (χ4n) is 6.99. The van der Waals surface area contributed by atoms with E-state index in [4.69, 9.17) is 4.74 Å². The van der Waals surface area contributed by atoms with Crippen LogP contribution in [-0.2, 0) is 23.9 Å². The number of imidazole rings is 2. The average Bonchev–Trinajstić information content (AvgIpc) is 3.97. The zero-order valence-corrected chi connectivity index (χ0v) is 29.4. The van der Waals surface area contributed by atoms with Crippen molar-refractivity contribution >= 4 is 23.9 Å². The molecule has 274 valence electrons. The van der Waals surface area contributed by atoms with E-state index in [0.717, 1.165) is 12.8 Å². The number of ether oxygens (including phenoxy) is 2. The zero-order chi connectivity index (χ0) is 37.1. The number of aromatic nitrogens is 4. The molecule has 52 heavy (non-hydrogen) atoms. The summed E-state index contributed by atoms with van der Waals surface area (Å²) in [5.74, 6) is -1.47. The molecule has 2 aliphatic heterocycles. The van der Waals surface area contributed by atoms with Gasteiger partial charge in [-0.3, -0.25) is 14.4 Å². The van der Waals surface area contributed by atoms with E-state index in [-0.39, 0.29) is 41.4 Å². The van der Waals surface area contributed by atoms with Crippen LogP contribution in [0.15, 0.2) is 48.8 Å². The number of carbonyl (C=O) groups excluding carboxylic acids is 4. The Morgan fingerprint density at radius 1 is 0.808 bits per heavy atom. The van der Waals surface area contributed by atoms with Gasteiger partial charge >= 0.3 is 12.1 Å². The monoisotopic (exact) mass is 717 g/mol. The van der Waals surface area contributed by atoms with Crippen molar-refractivity contribution in [3.8, 4) is 33.6 Å². The summed E-state index contributed by atoms with van der Waals surface area (Å²) in [6, 6.07) is 7.77. The summed E-state index contributed by atoms with van der Waals surface area (Å²) in [4.78, 5) is 68.1. The molecule has 2 aliphatic rings. The number of esters is 1. The standard InChI is InChI=1S/C37H41F2N7O6/c1-20(15-32(47)51-3)35(48)45-13-5-7-30(45)33-40-18-28(43-33)24-11-9-22(16-26(24)38)23-10-12-25(27(39)17-23)29-19-41-34(44-29)31-8-6-14-46(31)36(49)21(2)42-37(50)52-4/h9-12,16-21,30-31H,5-8,13-15H2,1-4H3,(H,40,43)(H,41,44)(H,42,50)/t20-,21+,30+,31+/m1/s1. The Balaban J connectivity index is 1.14. The summed E-state index contributed by atoms with van der Waals surface area (Å²) < 4.78 is 40.4. The Labute approximate surface area is 299 Å². The minimum absolute atomic E-state index is 0.0156. The summed E-state index contributed by atoms with van der Waals surface area (Å²) in [6.45, 7) is 4.30. The number of H-pyrrole nitrogens is 2. The quantitative estimate of drug-likeness (QED) is 0.177. The minimum Gasteiger partial charge on any atom is -0.469 e. The highest BCUT2D eigenvalue weighted by Crippen LogP contribution is 2.36. The largest absolute Gasteiger partial charge is 0.469 e. The smallest absolute Gasteiger partial charge is 0.407 e. The van der Waals surface area contributed by atoms with Crippen molar-refractivity contribution in [3.63, 3.8) is 0 Å². The molecule has 6 rings (SSSR count). The number of methoxy groups -OCH3 is 2. The van der Waals surface area contributed by atoms with Gasteiger partial charge in [-0.15, -0.1) is 0 Å². The number of carbonyl (C=O) groups is 4. The second-order valence-electron chi connectivity index (χ2n) is 13.2. The van der Waals surface area contributed by atoms with Crippen LogP contribution in [0.5, 0.6) is 0 Å². The van der Waals surface area contributed by atoms with Crippen molar-refractivity contribution in [3.05, 3.63) is 72.1 Å². The molecule has 2 fully saturated rings. The van der Waals surface area contributed by atoms with E-state index in [1.165, 1.54) is 38.7 Å². The molecule has 2 aromatic carbocycles. The number of amides is 3. The lowest BCUT2D eigenvalue weighted by atomic mass is 10.00. The highest BCUT2D eigenvalue weighted by molar-refractivity contribution is 5.86. The van der Waals surface area contributed by atoms with Gasteiger partial charge in [-0.25, -0.2) is 23.5 Å². The molecule has 0 unspecified atom stereocenters. The maximum atomic E-state index is 15.6. The summed E-state index contributed by atoms with van der Waals surface area (Å²) in [5, 5.41) is 2.49. The second kappa shape index (κ2) is 15.3. The molecule has 0 saturated carbocycles. The highest BCUT2D eigenvalue weighted by Gasteiger charge is 2.36. The van der Waals surface area contributed by atoms with Gasteiger partial charge < -0.3 is 34.6 Å². The number of likely N-dealkylation sites (tertiary alicyclic amines) is 2. The Morgan fingerprint density at radius 3 is 1.77 bits per heavy atom. The predicted octanol–water partition coefficient (Wildman–Crippen LogP) is 5.68. The molecule has 4 aromatic rings. The van der Waals surface area contributed by atoms with E-state index >= 15 is 8.78 Å². The molecule has 3 N–H and O–H groups in total. The number of halogens is 2. The molecular formula is C37H41F2N7O6.